The Labute approximate surface area is 571 Å². The van der Waals surface area contributed by atoms with Crippen LogP contribution in [0.25, 0.3) is 188 Å². The second kappa shape index (κ2) is 22.2. The molecule has 0 N–H and O–H groups in total. The van der Waals surface area contributed by atoms with Crippen molar-refractivity contribution in [3.63, 3.8) is 0 Å². The Morgan fingerprint density at radius 2 is 0.600 bits per heavy atom. The molecule has 0 atom stereocenters. The minimum Gasteiger partial charge on any atom is -0.309 e. The molecule has 0 radical (unpaired) electrons. The van der Waals surface area contributed by atoms with Crippen molar-refractivity contribution < 1.29 is 13.2 Å². The topological polar surface area (TPSA) is 45.5 Å². The zero-order valence-electron chi connectivity index (χ0n) is 53.6. The first-order valence-electron chi connectivity index (χ1n) is 33.6. The third-order valence-electron chi connectivity index (χ3n) is 20.3. The summed E-state index contributed by atoms with van der Waals surface area (Å²) in [5, 5.41) is 12.1. The molecule has 0 aliphatic rings. The van der Waals surface area contributed by atoms with Crippen molar-refractivity contribution in [2.45, 2.75) is 6.18 Å². The normalized spacial score (nSPS) is 12.2. The summed E-state index contributed by atoms with van der Waals surface area (Å²) in [5.41, 5.74) is 21.1. The molecule has 5 heterocycles. The fourth-order valence-electron chi connectivity index (χ4n) is 15.8. The van der Waals surface area contributed by atoms with E-state index in [0.29, 0.717) is 17.1 Å². The molecule has 0 saturated heterocycles. The largest absolute Gasteiger partial charge is 0.416 e. The van der Waals surface area contributed by atoms with Gasteiger partial charge in [0.2, 0.25) is 0 Å². The molecule has 0 spiro atoms. The lowest BCUT2D eigenvalue weighted by Gasteiger charge is -2.17. The first-order valence-corrected chi connectivity index (χ1v) is 33.6. The first kappa shape index (κ1) is 57.2. The number of hydrogen-bond acceptors (Lipinski definition) is 2. The SMILES string of the molecule is FC(F)(F)c1ccc(-c2cccc(-c3nc(-c4cc(-n5c6ccccc6c6cc(-c7ccc8c(c7)c7ccccc7n8-c7ccccc7)ccc65)cc(-n5c6ccccc6c6cc(-c7ccc8c(c7)c7ccccc7n8-c7ccccc7)ccc65)c4)nc4ccc5ccccc5c34)c2)cc1. The summed E-state index contributed by atoms with van der Waals surface area (Å²) in [5.74, 6) is 0.514. The molecule has 9 heteroatoms. The lowest BCUT2D eigenvalue weighted by Crippen LogP contribution is -2.04. The molecular weight excluding hydrogens is 1230 g/mol. The van der Waals surface area contributed by atoms with Gasteiger partial charge in [-0.2, -0.15) is 13.2 Å². The van der Waals surface area contributed by atoms with E-state index in [-0.39, 0.29) is 0 Å². The first-order chi connectivity index (χ1) is 49.2. The zero-order valence-corrected chi connectivity index (χ0v) is 53.6. The molecule has 20 aromatic rings. The molecule has 100 heavy (non-hydrogen) atoms. The monoisotopic (exact) mass is 1290 g/mol. The van der Waals surface area contributed by atoms with Gasteiger partial charge in [-0.05, 0) is 184 Å². The van der Waals surface area contributed by atoms with Crippen LogP contribution in [0.3, 0.4) is 0 Å². The predicted molar refractivity (Wildman–Crippen MR) is 407 cm³/mol. The quantitative estimate of drug-likeness (QED) is 0.135. The number of fused-ring (bicyclic) bond motifs is 15. The number of rotatable bonds is 9. The molecule has 0 aliphatic carbocycles. The Hall–Kier alpha value is -13.1. The van der Waals surface area contributed by atoms with Crippen LogP contribution in [0.15, 0.2) is 334 Å². The van der Waals surface area contributed by atoms with Crippen LogP contribution in [-0.2, 0) is 6.18 Å². The minimum atomic E-state index is -4.46. The zero-order chi connectivity index (χ0) is 66.3. The van der Waals surface area contributed by atoms with E-state index in [2.05, 4.69) is 291 Å². The van der Waals surface area contributed by atoms with Crippen LogP contribution in [0.2, 0.25) is 0 Å². The molecule has 470 valence electrons. The lowest BCUT2D eigenvalue weighted by atomic mass is 9.96. The van der Waals surface area contributed by atoms with Crippen LogP contribution in [0.5, 0.6) is 0 Å². The Morgan fingerprint density at radius 3 is 1.05 bits per heavy atom. The van der Waals surface area contributed by atoms with Gasteiger partial charge in [-0.1, -0.05) is 194 Å². The van der Waals surface area contributed by atoms with Gasteiger partial charge in [0.1, 0.15) is 0 Å². The highest BCUT2D eigenvalue weighted by Gasteiger charge is 2.30. The molecule has 5 aromatic heterocycles. The van der Waals surface area contributed by atoms with Crippen molar-refractivity contribution in [2.75, 3.05) is 0 Å². The fourth-order valence-corrected chi connectivity index (χ4v) is 15.8. The minimum absolute atomic E-state index is 0.514. The van der Waals surface area contributed by atoms with Crippen molar-refractivity contribution in [1.29, 1.82) is 0 Å². The predicted octanol–water partition coefficient (Wildman–Crippen LogP) is 24.5. The molecule has 0 saturated carbocycles. The third-order valence-corrected chi connectivity index (χ3v) is 20.3. The van der Waals surface area contributed by atoms with Crippen molar-refractivity contribution >= 4 is 109 Å². The van der Waals surface area contributed by atoms with E-state index in [0.717, 1.165) is 161 Å². The van der Waals surface area contributed by atoms with Crippen molar-refractivity contribution in [3.05, 3.63) is 339 Å². The number of nitrogens with zero attached hydrogens (tertiary/aromatic N) is 6. The molecular formula is C91H55F3N6. The average molecular weight is 1290 g/mol. The third kappa shape index (κ3) is 9.05. The molecule has 0 aliphatic heterocycles. The highest BCUT2D eigenvalue weighted by atomic mass is 19.4. The standard InChI is InChI=1S/C91H55F3N6/c92-91(93,94)65-41-34-56(35-42-65)58-19-17-20-63(48-58)89-88-70-25-8-7-18-57(70)36-43-79(88)95-90(96-89)64-49-68(99-82-32-15-11-28-73(82)77-53-61(39-46-86(77)99)59-37-44-84-75(51-59)71-26-9-13-30-80(71)97(84)66-21-3-1-4-22-66)55-69(50-64)100-83-33-16-12-29-74(83)78-54-62(40-47-87(78)100)60-38-45-85-76(52-60)72-27-10-14-31-81(72)98(85)67-23-5-2-6-24-67/h1-55H. The molecule has 15 aromatic carbocycles. The maximum absolute atomic E-state index is 13.9. The molecule has 0 amide bonds. The highest BCUT2D eigenvalue weighted by Crippen LogP contribution is 2.45. The van der Waals surface area contributed by atoms with E-state index in [9.17, 15) is 13.2 Å². The summed E-state index contributed by atoms with van der Waals surface area (Å²) in [6.45, 7) is 0. The number of hydrogen-bond donors (Lipinski definition) is 0. The van der Waals surface area contributed by atoms with Crippen LogP contribution < -0.4 is 0 Å². The van der Waals surface area contributed by atoms with E-state index in [1.54, 1.807) is 0 Å². The Balaban J connectivity index is 0.800. The lowest BCUT2D eigenvalue weighted by molar-refractivity contribution is -0.137. The van der Waals surface area contributed by atoms with Gasteiger partial charge in [0, 0.05) is 82.4 Å². The second-order valence-electron chi connectivity index (χ2n) is 26.0. The van der Waals surface area contributed by atoms with Gasteiger partial charge < -0.3 is 18.3 Å². The van der Waals surface area contributed by atoms with Crippen LogP contribution >= 0.6 is 0 Å². The molecule has 6 nitrogen and oxygen atoms in total. The maximum Gasteiger partial charge on any atom is 0.416 e. The van der Waals surface area contributed by atoms with Crippen molar-refractivity contribution in [2.24, 2.45) is 0 Å². The molecule has 0 fully saturated rings. The molecule has 0 bridgehead atoms. The maximum atomic E-state index is 13.9. The van der Waals surface area contributed by atoms with Crippen LogP contribution in [0.1, 0.15) is 5.56 Å². The Bertz CT molecular complexity index is 6460. The van der Waals surface area contributed by atoms with E-state index < -0.39 is 11.7 Å². The van der Waals surface area contributed by atoms with Gasteiger partial charge in [-0.3, -0.25) is 0 Å². The second-order valence-corrected chi connectivity index (χ2v) is 26.0. The molecule has 0 unspecified atom stereocenters. The van der Waals surface area contributed by atoms with E-state index in [1.807, 2.05) is 36.4 Å². The van der Waals surface area contributed by atoms with Crippen molar-refractivity contribution in [1.82, 2.24) is 28.2 Å². The number of aromatic nitrogens is 6. The van der Waals surface area contributed by atoms with Gasteiger partial charge in [-0.25, -0.2) is 9.97 Å². The van der Waals surface area contributed by atoms with Crippen molar-refractivity contribution in [3.8, 4) is 78.8 Å². The summed E-state index contributed by atoms with van der Waals surface area (Å²) in [7, 11) is 0. The highest BCUT2D eigenvalue weighted by molar-refractivity contribution is 6.16. The number of alkyl halides is 3. The van der Waals surface area contributed by atoms with E-state index in [4.69, 9.17) is 9.97 Å². The summed E-state index contributed by atoms with van der Waals surface area (Å²) in [6, 6.07) is 116. The van der Waals surface area contributed by atoms with E-state index >= 15 is 0 Å². The van der Waals surface area contributed by atoms with Gasteiger partial charge in [0.15, 0.2) is 5.82 Å². The van der Waals surface area contributed by atoms with E-state index in [1.165, 1.54) is 33.7 Å². The summed E-state index contributed by atoms with van der Waals surface area (Å²) in [4.78, 5) is 11.3. The summed E-state index contributed by atoms with van der Waals surface area (Å²) >= 11 is 0. The average Bonchev–Trinajstić information content (AvgIpc) is 1.49. The summed E-state index contributed by atoms with van der Waals surface area (Å²) in [6.07, 6.45) is -4.46. The number of benzene rings is 15. The number of para-hydroxylation sites is 6. The Morgan fingerprint density at radius 1 is 0.230 bits per heavy atom. The van der Waals surface area contributed by atoms with Gasteiger partial charge >= 0.3 is 6.18 Å². The van der Waals surface area contributed by atoms with Crippen LogP contribution in [0, 0.1) is 0 Å². The molecule has 20 rings (SSSR count). The van der Waals surface area contributed by atoms with Gasteiger partial charge in [0.25, 0.3) is 0 Å². The van der Waals surface area contributed by atoms with Gasteiger partial charge in [0.05, 0.1) is 60.9 Å². The number of halogens is 3. The summed E-state index contributed by atoms with van der Waals surface area (Å²) < 4.78 is 51.2. The smallest absolute Gasteiger partial charge is 0.309 e. The van der Waals surface area contributed by atoms with Gasteiger partial charge in [-0.15, -0.1) is 0 Å². The fraction of sp³-hybridized carbons (Fsp3) is 0.0110. The Kier molecular flexibility index (Phi) is 12.7. The van der Waals surface area contributed by atoms with Crippen LogP contribution in [0.4, 0.5) is 13.2 Å². The van der Waals surface area contributed by atoms with Crippen LogP contribution in [-0.4, -0.2) is 28.2 Å².